The van der Waals surface area contributed by atoms with Crippen LogP contribution in [0.15, 0.2) is 18.2 Å². The first kappa shape index (κ1) is 15.6. The Balaban J connectivity index is 2.09. The minimum atomic E-state index is -0.0510. The summed E-state index contributed by atoms with van der Waals surface area (Å²) in [6, 6.07) is 5.59. The molecular weight excluding hydrogens is 262 g/mol. The van der Waals surface area contributed by atoms with Crippen molar-refractivity contribution in [3.63, 3.8) is 0 Å². The predicted molar refractivity (Wildman–Crippen MR) is 84.1 cm³/mol. The number of rotatable bonds is 3. The van der Waals surface area contributed by atoms with Crippen molar-refractivity contribution in [2.24, 2.45) is 0 Å². The zero-order valence-electron chi connectivity index (χ0n) is 12.8. The summed E-state index contributed by atoms with van der Waals surface area (Å²) in [6.45, 7) is 4.15. The standard InChI is InChI=1S/C18H23NO2/c1-14-13-16(9-8-15(14)7-3-6-12-20)17(21)19-18(2)10-4-5-11-18/h8-9,13,20H,4-6,10-12H2,1-2H3,(H,19,21). The average Bonchev–Trinajstić information content (AvgIpc) is 2.87. The van der Waals surface area contributed by atoms with Gasteiger partial charge in [-0.15, -0.1) is 0 Å². The molecular formula is C18H23NO2. The maximum atomic E-state index is 12.3. The first-order chi connectivity index (χ1) is 10.0. The summed E-state index contributed by atoms with van der Waals surface area (Å²) in [7, 11) is 0. The maximum Gasteiger partial charge on any atom is 0.251 e. The fourth-order valence-corrected chi connectivity index (χ4v) is 2.79. The van der Waals surface area contributed by atoms with Crippen molar-refractivity contribution in [2.45, 2.75) is 51.5 Å². The van der Waals surface area contributed by atoms with Crippen molar-refractivity contribution >= 4 is 5.91 Å². The quantitative estimate of drug-likeness (QED) is 0.839. The molecule has 3 nitrogen and oxygen atoms in total. The van der Waals surface area contributed by atoms with E-state index in [-0.39, 0.29) is 18.1 Å². The number of aliphatic hydroxyl groups is 1. The van der Waals surface area contributed by atoms with E-state index in [0.717, 1.165) is 24.0 Å². The van der Waals surface area contributed by atoms with Crippen molar-refractivity contribution < 1.29 is 9.90 Å². The van der Waals surface area contributed by atoms with Gasteiger partial charge in [0.1, 0.15) is 0 Å². The number of aryl methyl sites for hydroxylation is 1. The maximum absolute atomic E-state index is 12.3. The van der Waals surface area contributed by atoms with E-state index in [2.05, 4.69) is 24.1 Å². The first-order valence-electron chi connectivity index (χ1n) is 7.57. The van der Waals surface area contributed by atoms with Gasteiger partial charge in [-0.2, -0.15) is 0 Å². The lowest BCUT2D eigenvalue weighted by molar-refractivity contribution is 0.0908. The molecule has 0 heterocycles. The molecule has 3 heteroatoms. The zero-order chi connectivity index (χ0) is 15.3. The fourth-order valence-electron chi connectivity index (χ4n) is 2.79. The number of nitrogens with one attached hydrogen (secondary N) is 1. The molecule has 1 aromatic carbocycles. The molecule has 1 fully saturated rings. The highest BCUT2D eigenvalue weighted by Gasteiger charge is 2.30. The van der Waals surface area contributed by atoms with Crippen LogP contribution in [0.4, 0.5) is 0 Å². The average molecular weight is 285 g/mol. The van der Waals surface area contributed by atoms with Crippen LogP contribution < -0.4 is 5.32 Å². The summed E-state index contributed by atoms with van der Waals surface area (Å²) in [5.41, 5.74) is 2.54. The van der Waals surface area contributed by atoms with Crippen molar-refractivity contribution in [1.82, 2.24) is 5.32 Å². The van der Waals surface area contributed by atoms with Crippen LogP contribution in [-0.4, -0.2) is 23.2 Å². The summed E-state index contributed by atoms with van der Waals surface area (Å²) in [5.74, 6) is 5.92. The van der Waals surface area contributed by atoms with E-state index in [1.165, 1.54) is 12.8 Å². The molecule has 1 aliphatic carbocycles. The van der Waals surface area contributed by atoms with Gasteiger partial charge in [-0.1, -0.05) is 24.7 Å². The highest BCUT2D eigenvalue weighted by Crippen LogP contribution is 2.29. The SMILES string of the molecule is Cc1cc(C(=O)NC2(C)CCCC2)ccc1C#CCCO. The molecule has 0 radical (unpaired) electrons. The molecule has 1 saturated carbocycles. The van der Waals surface area contributed by atoms with Crippen LogP contribution in [0, 0.1) is 18.8 Å². The molecule has 0 unspecified atom stereocenters. The Morgan fingerprint density at radius 1 is 1.38 bits per heavy atom. The molecule has 1 aliphatic rings. The summed E-state index contributed by atoms with van der Waals surface area (Å²) in [6.07, 6.45) is 4.97. The van der Waals surface area contributed by atoms with Crippen molar-refractivity contribution in [2.75, 3.05) is 6.61 Å². The summed E-state index contributed by atoms with van der Waals surface area (Å²) in [5, 5.41) is 11.9. The van der Waals surface area contributed by atoms with Gasteiger partial charge in [0.15, 0.2) is 0 Å². The van der Waals surface area contributed by atoms with Gasteiger partial charge in [0.05, 0.1) is 6.61 Å². The highest BCUT2D eigenvalue weighted by atomic mass is 16.2. The van der Waals surface area contributed by atoms with Crippen molar-refractivity contribution in [3.05, 3.63) is 34.9 Å². The molecule has 21 heavy (non-hydrogen) atoms. The van der Waals surface area contributed by atoms with E-state index in [1.807, 2.05) is 25.1 Å². The molecule has 2 rings (SSSR count). The third kappa shape index (κ3) is 4.09. The van der Waals surface area contributed by atoms with Crippen molar-refractivity contribution in [3.8, 4) is 11.8 Å². The lowest BCUT2D eigenvalue weighted by atomic mass is 9.99. The minimum Gasteiger partial charge on any atom is -0.395 e. The van der Waals surface area contributed by atoms with Crippen LogP contribution in [0.3, 0.4) is 0 Å². The third-order valence-corrected chi connectivity index (χ3v) is 4.07. The molecule has 2 N–H and O–H groups in total. The largest absolute Gasteiger partial charge is 0.395 e. The van der Waals surface area contributed by atoms with E-state index in [4.69, 9.17) is 5.11 Å². The van der Waals surface area contributed by atoms with Crippen molar-refractivity contribution in [1.29, 1.82) is 0 Å². The van der Waals surface area contributed by atoms with Gasteiger partial charge in [0, 0.05) is 23.1 Å². The van der Waals surface area contributed by atoms with Crippen LogP contribution in [-0.2, 0) is 0 Å². The van der Waals surface area contributed by atoms with Gasteiger partial charge < -0.3 is 10.4 Å². The summed E-state index contributed by atoms with van der Waals surface area (Å²) in [4.78, 5) is 12.3. The Labute approximate surface area is 126 Å². The van der Waals surface area contributed by atoms with Crippen LogP contribution in [0.2, 0.25) is 0 Å². The third-order valence-electron chi connectivity index (χ3n) is 4.07. The monoisotopic (exact) mass is 285 g/mol. The second-order valence-corrected chi connectivity index (χ2v) is 6.03. The number of hydrogen-bond acceptors (Lipinski definition) is 2. The van der Waals surface area contributed by atoms with Crippen LogP contribution in [0.1, 0.15) is 60.5 Å². The lowest BCUT2D eigenvalue weighted by Gasteiger charge is -2.25. The molecule has 0 spiro atoms. The Hall–Kier alpha value is -1.79. The van der Waals surface area contributed by atoms with Gasteiger partial charge >= 0.3 is 0 Å². The molecule has 1 aromatic rings. The van der Waals surface area contributed by atoms with E-state index >= 15 is 0 Å². The first-order valence-corrected chi connectivity index (χ1v) is 7.57. The molecule has 0 atom stereocenters. The molecule has 1 amide bonds. The van der Waals surface area contributed by atoms with Gasteiger partial charge in [-0.3, -0.25) is 4.79 Å². The van der Waals surface area contributed by atoms with Gasteiger partial charge in [0.2, 0.25) is 0 Å². The zero-order valence-corrected chi connectivity index (χ0v) is 12.8. The topological polar surface area (TPSA) is 49.3 Å². The number of aliphatic hydroxyl groups excluding tert-OH is 1. The van der Waals surface area contributed by atoms with E-state index in [9.17, 15) is 4.79 Å². The number of amides is 1. The summed E-state index contributed by atoms with van der Waals surface area (Å²) >= 11 is 0. The predicted octanol–water partition coefficient (Wildman–Crippen LogP) is 2.79. The Kier molecular flexibility index (Phi) is 5.03. The minimum absolute atomic E-state index is 0.00244. The smallest absolute Gasteiger partial charge is 0.251 e. The Morgan fingerprint density at radius 2 is 2.10 bits per heavy atom. The van der Waals surface area contributed by atoms with E-state index in [1.54, 1.807) is 0 Å². The fraction of sp³-hybridized carbons (Fsp3) is 0.500. The molecule has 0 aliphatic heterocycles. The van der Waals surface area contributed by atoms with Gasteiger partial charge in [-0.25, -0.2) is 0 Å². The van der Waals surface area contributed by atoms with Crippen LogP contribution in [0.25, 0.3) is 0 Å². The molecule has 0 aromatic heterocycles. The molecule has 112 valence electrons. The highest BCUT2D eigenvalue weighted by molar-refractivity contribution is 5.95. The Morgan fingerprint density at radius 3 is 2.71 bits per heavy atom. The molecule has 0 bridgehead atoms. The normalized spacial score (nSPS) is 16.1. The second-order valence-electron chi connectivity index (χ2n) is 6.03. The second kappa shape index (κ2) is 6.78. The van der Waals surface area contributed by atoms with Crippen LogP contribution in [0.5, 0.6) is 0 Å². The van der Waals surface area contributed by atoms with Crippen LogP contribution >= 0.6 is 0 Å². The lowest BCUT2D eigenvalue weighted by Crippen LogP contribution is -2.43. The van der Waals surface area contributed by atoms with Gasteiger partial charge in [0.25, 0.3) is 5.91 Å². The van der Waals surface area contributed by atoms with E-state index in [0.29, 0.717) is 12.0 Å². The van der Waals surface area contributed by atoms with Gasteiger partial charge in [-0.05, 0) is 50.5 Å². The van der Waals surface area contributed by atoms with E-state index < -0.39 is 0 Å². The molecule has 0 saturated heterocycles. The Bertz CT molecular complexity index is 575. The summed E-state index contributed by atoms with van der Waals surface area (Å²) < 4.78 is 0. The number of benzene rings is 1. The number of carbonyl (C=O) groups is 1. The number of carbonyl (C=O) groups excluding carboxylic acids is 1. The number of hydrogen-bond donors (Lipinski definition) is 2.